The van der Waals surface area contributed by atoms with Crippen LogP contribution in [0.2, 0.25) is 0 Å². The fraction of sp³-hybridized carbons (Fsp3) is 0.192. The Morgan fingerprint density at radius 1 is 0.767 bits per heavy atom. The lowest BCUT2D eigenvalue weighted by Gasteiger charge is -2.13. The summed E-state index contributed by atoms with van der Waals surface area (Å²) >= 11 is 0. The van der Waals surface area contributed by atoms with E-state index in [1.54, 1.807) is 14.2 Å². The van der Waals surface area contributed by atoms with E-state index >= 15 is 0 Å². The van der Waals surface area contributed by atoms with E-state index in [1.807, 2.05) is 24.3 Å². The molecule has 0 radical (unpaired) electrons. The van der Waals surface area contributed by atoms with Gasteiger partial charge >= 0.3 is 0 Å². The van der Waals surface area contributed by atoms with Gasteiger partial charge in [0.15, 0.2) is 0 Å². The lowest BCUT2D eigenvalue weighted by atomic mass is 10.0. The maximum absolute atomic E-state index is 5.35. The number of rotatable bonds is 6. The summed E-state index contributed by atoms with van der Waals surface area (Å²) in [5.41, 5.74) is 7.72. The van der Waals surface area contributed by atoms with Gasteiger partial charge in [-0.2, -0.15) is 5.10 Å². The minimum Gasteiger partial charge on any atom is -0.497 e. The predicted octanol–water partition coefficient (Wildman–Crippen LogP) is 6.09. The molecule has 4 aromatic rings. The molecular weight excluding hydrogens is 372 g/mol. The highest BCUT2D eigenvalue weighted by atomic mass is 16.5. The minimum atomic E-state index is 0.836. The molecule has 0 N–H and O–H groups in total. The molecule has 152 valence electrons. The first kappa shape index (κ1) is 19.8. The Morgan fingerprint density at radius 2 is 1.33 bits per heavy atom. The van der Waals surface area contributed by atoms with Crippen molar-refractivity contribution in [1.29, 1.82) is 0 Å². The second-order valence-corrected chi connectivity index (χ2v) is 7.17. The molecule has 0 fully saturated rings. The normalized spacial score (nSPS) is 10.8. The zero-order chi connectivity index (χ0) is 21.1. The van der Waals surface area contributed by atoms with Crippen molar-refractivity contribution in [2.75, 3.05) is 14.2 Å². The Balaban J connectivity index is 1.94. The first-order valence-corrected chi connectivity index (χ1v) is 10.1. The third kappa shape index (κ3) is 3.57. The van der Waals surface area contributed by atoms with Crippen molar-refractivity contribution in [3.63, 3.8) is 0 Å². The van der Waals surface area contributed by atoms with Gasteiger partial charge in [-0.25, -0.2) is 4.68 Å². The lowest BCUT2D eigenvalue weighted by Crippen LogP contribution is -2.03. The Kier molecular flexibility index (Phi) is 5.57. The molecule has 0 saturated heterocycles. The van der Waals surface area contributed by atoms with Crippen molar-refractivity contribution >= 4 is 0 Å². The summed E-state index contributed by atoms with van der Waals surface area (Å²) in [6, 6.07) is 24.7. The number of methoxy groups -OCH3 is 2. The van der Waals surface area contributed by atoms with Crippen molar-refractivity contribution in [1.82, 2.24) is 9.78 Å². The van der Waals surface area contributed by atoms with Crippen LogP contribution in [0.4, 0.5) is 0 Å². The standard InChI is InChI=1S/C26H26N2O2/c1-5-19-8-6-7-9-24(19)28-26(21-12-16-23(30-4)17-13-21)18(2)25(27-28)20-10-14-22(29-3)15-11-20/h6-17H,5H2,1-4H3. The van der Waals surface area contributed by atoms with Crippen LogP contribution in [0.25, 0.3) is 28.2 Å². The highest BCUT2D eigenvalue weighted by Gasteiger charge is 2.20. The number of ether oxygens (including phenoxy) is 2. The van der Waals surface area contributed by atoms with Crippen LogP contribution in [0, 0.1) is 6.92 Å². The highest BCUT2D eigenvalue weighted by molar-refractivity contribution is 5.76. The fourth-order valence-electron chi connectivity index (χ4n) is 3.80. The van der Waals surface area contributed by atoms with E-state index in [9.17, 15) is 0 Å². The number of hydrogen-bond donors (Lipinski definition) is 0. The van der Waals surface area contributed by atoms with E-state index in [4.69, 9.17) is 14.6 Å². The minimum absolute atomic E-state index is 0.836. The first-order valence-electron chi connectivity index (χ1n) is 10.1. The highest BCUT2D eigenvalue weighted by Crippen LogP contribution is 2.35. The number of para-hydroxylation sites is 1. The van der Waals surface area contributed by atoms with Gasteiger partial charge in [-0.05, 0) is 73.5 Å². The molecule has 0 spiro atoms. The summed E-state index contributed by atoms with van der Waals surface area (Å²) in [6.45, 7) is 4.31. The molecule has 30 heavy (non-hydrogen) atoms. The third-order valence-electron chi connectivity index (χ3n) is 5.45. The summed E-state index contributed by atoms with van der Waals surface area (Å²) in [4.78, 5) is 0. The van der Waals surface area contributed by atoms with Gasteiger partial charge in [0.05, 0.1) is 31.3 Å². The molecule has 1 aromatic heterocycles. The average Bonchev–Trinajstić information content (AvgIpc) is 3.16. The second-order valence-electron chi connectivity index (χ2n) is 7.17. The van der Waals surface area contributed by atoms with Gasteiger partial charge in [-0.3, -0.25) is 0 Å². The van der Waals surface area contributed by atoms with Crippen LogP contribution in [-0.4, -0.2) is 24.0 Å². The second kappa shape index (κ2) is 8.46. The van der Waals surface area contributed by atoms with Gasteiger partial charge in [0, 0.05) is 16.7 Å². The van der Waals surface area contributed by atoms with E-state index in [2.05, 4.69) is 67.1 Å². The molecule has 4 nitrogen and oxygen atoms in total. The van der Waals surface area contributed by atoms with Crippen molar-refractivity contribution < 1.29 is 9.47 Å². The average molecular weight is 399 g/mol. The molecular formula is C26H26N2O2. The van der Waals surface area contributed by atoms with Crippen LogP contribution in [0.15, 0.2) is 72.8 Å². The SMILES string of the molecule is CCc1ccccc1-n1nc(-c2ccc(OC)cc2)c(C)c1-c1ccc(OC)cc1. The lowest BCUT2D eigenvalue weighted by molar-refractivity contribution is 0.414. The summed E-state index contributed by atoms with van der Waals surface area (Å²) in [7, 11) is 3.36. The Hall–Kier alpha value is -3.53. The van der Waals surface area contributed by atoms with Crippen LogP contribution < -0.4 is 9.47 Å². The van der Waals surface area contributed by atoms with Gasteiger partial charge in [0.2, 0.25) is 0 Å². The molecule has 0 aliphatic carbocycles. The van der Waals surface area contributed by atoms with Gasteiger partial charge in [-0.15, -0.1) is 0 Å². The number of nitrogens with zero attached hydrogens (tertiary/aromatic N) is 2. The van der Waals surface area contributed by atoms with E-state index in [1.165, 1.54) is 5.56 Å². The van der Waals surface area contributed by atoms with E-state index in [0.29, 0.717) is 0 Å². The van der Waals surface area contributed by atoms with Crippen molar-refractivity contribution in [2.24, 2.45) is 0 Å². The summed E-state index contributed by atoms with van der Waals surface area (Å²) < 4.78 is 12.7. The summed E-state index contributed by atoms with van der Waals surface area (Å²) in [6.07, 6.45) is 0.939. The molecule has 0 atom stereocenters. The number of aryl methyl sites for hydroxylation is 1. The maximum Gasteiger partial charge on any atom is 0.118 e. The van der Waals surface area contributed by atoms with Crippen LogP contribution in [0.3, 0.4) is 0 Å². The number of hydrogen-bond acceptors (Lipinski definition) is 3. The zero-order valence-electron chi connectivity index (χ0n) is 17.8. The first-order chi connectivity index (χ1) is 14.7. The maximum atomic E-state index is 5.35. The van der Waals surface area contributed by atoms with E-state index in [0.717, 1.165) is 51.7 Å². The molecule has 0 amide bonds. The molecule has 0 aliphatic rings. The molecule has 0 bridgehead atoms. The quantitative estimate of drug-likeness (QED) is 0.394. The van der Waals surface area contributed by atoms with Crippen LogP contribution in [-0.2, 0) is 6.42 Å². The Bertz CT molecular complexity index is 1140. The number of aromatic nitrogens is 2. The van der Waals surface area contributed by atoms with Crippen LogP contribution in [0.5, 0.6) is 11.5 Å². The smallest absolute Gasteiger partial charge is 0.118 e. The van der Waals surface area contributed by atoms with Crippen LogP contribution in [0.1, 0.15) is 18.1 Å². The molecule has 0 saturated carbocycles. The van der Waals surface area contributed by atoms with Gasteiger partial charge in [0.1, 0.15) is 11.5 Å². The topological polar surface area (TPSA) is 36.3 Å². The third-order valence-corrected chi connectivity index (χ3v) is 5.45. The van der Waals surface area contributed by atoms with Crippen molar-refractivity contribution in [3.8, 4) is 39.7 Å². The van der Waals surface area contributed by atoms with E-state index < -0.39 is 0 Å². The van der Waals surface area contributed by atoms with Gasteiger partial charge in [-0.1, -0.05) is 25.1 Å². The molecule has 0 unspecified atom stereocenters. The predicted molar refractivity (Wildman–Crippen MR) is 122 cm³/mol. The zero-order valence-corrected chi connectivity index (χ0v) is 17.8. The molecule has 0 aliphatic heterocycles. The van der Waals surface area contributed by atoms with Gasteiger partial charge < -0.3 is 9.47 Å². The van der Waals surface area contributed by atoms with E-state index in [-0.39, 0.29) is 0 Å². The Morgan fingerprint density at radius 3 is 1.90 bits per heavy atom. The van der Waals surface area contributed by atoms with Crippen LogP contribution >= 0.6 is 0 Å². The summed E-state index contributed by atoms with van der Waals surface area (Å²) in [5.74, 6) is 1.68. The molecule has 4 heteroatoms. The van der Waals surface area contributed by atoms with Crippen molar-refractivity contribution in [2.45, 2.75) is 20.3 Å². The van der Waals surface area contributed by atoms with Gasteiger partial charge in [0.25, 0.3) is 0 Å². The summed E-state index contributed by atoms with van der Waals surface area (Å²) in [5, 5.41) is 5.08. The Labute approximate surface area is 177 Å². The molecule has 1 heterocycles. The molecule has 4 rings (SSSR count). The molecule has 3 aromatic carbocycles. The monoisotopic (exact) mass is 398 g/mol. The van der Waals surface area contributed by atoms with Crippen molar-refractivity contribution in [3.05, 3.63) is 83.9 Å². The number of benzene rings is 3. The largest absolute Gasteiger partial charge is 0.497 e. The fourth-order valence-corrected chi connectivity index (χ4v) is 3.80.